The van der Waals surface area contributed by atoms with E-state index in [1.807, 2.05) is 18.5 Å². The van der Waals surface area contributed by atoms with Crippen molar-refractivity contribution in [3.63, 3.8) is 0 Å². The van der Waals surface area contributed by atoms with Crippen LogP contribution in [0, 0.1) is 5.92 Å². The minimum atomic E-state index is 0.273. The van der Waals surface area contributed by atoms with Crippen molar-refractivity contribution in [2.24, 2.45) is 5.92 Å². The highest BCUT2D eigenvalue weighted by molar-refractivity contribution is 5.44. The number of pyridine rings is 1. The van der Waals surface area contributed by atoms with Gasteiger partial charge in [0.2, 0.25) is 0 Å². The first-order chi connectivity index (χ1) is 12.8. The number of hydrazine groups is 1. The molecule has 1 aromatic heterocycles. The zero-order chi connectivity index (χ0) is 17.9. The van der Waals surface area contributed by atoms with Crippen LogP contribution in [-0.2, 0) is 0 Å². The Morgan fingerprint density at radius 2 is 1.81 bits per heavy atom. The molecule has 0 amide bonds. The monoisotopic (exact) mass is 354 g/mol. The van der Waals surface area contributed by atoms with Crippen LogP contribution in [0.4, 0.5) is 0 Å². The third kappa shape index (κ3) is 3.40. The maximum absolute atomic E-state index is 5.46. The lowest BCUT2D eigenvalue weighted by atomic mass is 9.88. The molecule has 2 fully saturated rings. The van der Waals surface area contributed by atoms with Crippen LogP contribution < -0.4 is 20.3 Å². The molecule has 6 nitrogen and oxygen atoms in total. The lowest BCUT2D eigenvalue weighted by Crippen LogP contribution is -2.48. The minimum absolute atomic E-state index is 0.273. The van der Waals surface area contributed by atoms with Gasteiger partial charge in [-0.15, -0.1) is 0 Å². The molecule has 0 saturated carbocycles. The number of likely N-dealkylation sites (tertiary alicyclic amines) is 1. The van der Waals surface area contributed by atoms with Crippen molar-refractivity contribution in [2.45, 2.75) is 12.0 Å². The van der Waals surface area contributed by atoms with Crippen LogP contribution in [0.5, 0.6) is 11.5 Å². The first-order valence-electron chi connectivity index (χ1n) is 9.11. The van der Waals surface area contributed by atoms with E-state index in [4.69, 9.17) is 9.47 Å². The van der Waals surface area contributed by atoms with Crippen LogP contribution in [0.15, 0.2) is 42.7 Å². The molecule has 0 aliphatic carbocycles. The number of hydrogen-bond donors (Lipinski definition) is 2. The van der Waals surface area contributed by atoms with E-state index >= 15 is 0 Å². The summed E-state index contributed by atoms with van der Waals surface area (Å²) in [5, 5.41) is 0. The van der Waals surface area contributed by atoms with E-state index in [0.29, 0.717) is 11.8 Å². The highest BCUT2D eigenvalue weighted by Crippen LogP contribution is 2.35. The number of methoxy groups -OCH3 is 2. The lowest BCUT2D eigenvalue weighted by molar-refractivity contribution is 0.122. The SMILES string of the molecule is COc1ccc(C2NNCC2CN2CC(c3ccncc3)C2)cc1OC. The van der Waals surface area contributed by atoms with Crippen LogP contribution in [0.2, 0.25) is 0 Å². The number of nitrogens with one attached hydrogen (secondary N) is 2. The van der Waals surface area contributed by atoms with E-state index < -0.39 is 0 Å². The van der Waals surface area contributed by atoms with Crippen molar-refractivity contribution in [1.82, 2.24) is 20.7 Å². The molecule has 2 unspecified atom stereocenters. The van der Waals surface area contributed by atoms with Gasteiger partial charge in [0.1, 0.15) is 0 Å². The van der Waals surface area contributed by atoms with Crippen molar-refractivity contribution in [1.29, 1.82) is 0 Å². The summed E-state index contributed by atoms with van der Waals surface area (Å²) in [5.41, 5.74) is 9.38. The highest BCUT2D eigenvalue weighted by atomic mass is 16.5. The second-order valence-electron chi connectivity index (χ2n) is 7.07. The zero-order valence-electron chi connectivity index (χ0n) is 15.3. The summed E-state index contributed by atoms with van der Waals surface area (Å²) in [6.45, 7) is 4.30. The zero-order valence-corrected chi connectivity index (χ0v) is 15.3. The van der Waals surface area contributed by atoms with Gasteiger partial charge >= 0.3 is 0 Å². The van der Waals surface area contributed by atoms with Crippen molar-refractivity contribution < 1.29 is 9.47 Å². The first kappa shape index (κ1) is 17.3. The van der Waals surface area contributed by atoms with Crippen LogP contribution in [-0.4, -0.2) is 50.3 Å². The fourth-order valence-electron chi connectivity index (χ4n) is 4.00. The fraction of sp³-hybridized carbons (Fsp3) is 0.450. The molecule has 0 radical (unpaired) electrons. The molecule has 2 N–H and O–H groups in total. The number of aromatic nitrogens is 1. The molecule has 0 bridgehead atoms. The van der Waals surface area contributed by atoms with Crippen molar-refractivity contribution in [3.05, 3.63) is 53.9 Å². The summed E-state index contributed by atoms with van der Waals surface area (Å²) < 4.78 is 10.8. The van der Waals surface area contributed by atoms with Gasteiger partial charge in [0, 0.05) is 50.4 Å². The molecule has 138 valence electrons. The van der Waals surface area contributed by atoms with Gasteiger partial charge in [0.05, 0.1) is 20.3 Å². The quantitative estimate of drug-likeness (QED) is 0.827. The number of benzene rings is 1. The fourth-order valence-corrected chi connectivity index (χ4v) is 4.00. The Morgan fingerprint density at radius 1 is 1.04 bits per heavy atom. The molecule has 4 rings (SSSR count). The van der Waals surface area contributed by atoms with Crippen molar-refractivity contribution in [3.8, 4) is 11.5 Å². The van der Waals surface area contributed by atoms with E-state index in [2.05, 4.69) is 45.0 Å². The largest absolute Gasteiger partial charge is 0.493 e. The molecule has 26 heavy (non-hydrogen) atoms. The number of hydrogen-bond acceptors (Lipinski definition) is 6. The Kier molecular flexibility index (Phi) is 5.06. The summed E-state index contributed by atoms with van der Waals surface area (Å²) in [5.74, 6) is 2.70. The van der Waals surface area contributed by atoms with Crippen LogP contribution >= 0.6 is 0 Å². The predicted molar refractivity (Wildman–Crippen MR) is 100 cm³/mol. The second kappa shape index (κ2) is 7.61. The maximum atomic E-state index is 5.46. The molecule has 2 aromatic rings. The average Bonchev–Trinajstić information content (AvgIpc) is 3.12. The Morgan fingerprint density at radius 3 is 2.54 bits per heavy atom. The van der Waals surface area contributed by atoms with Gasteiger partial charge in [0.25, 0.3) is 0 Å². The standard InChI is InChI=1S/C20H26N4O2/c1-25-18-4-3-15(9-19(18)26-2)20-16(10-22-23-20)11-24-12-17(13-24)14-5-7-21-8-6-14/h3-9,16-17,20,22-23H,10-13H2,1-2H3. The predicted octanol–water partition coefficient (Wildman–Crippen LogP) is 1.96. The summed E-state index contributed by atoms with van der Waals surface area (Å²) >= 11 is 0. The van der Waals surface area contributed by atoms with E-state index in [-0.39, 0.29) is 6.04 Å². The van der Waals surface area contributed by atoms with Gasteiger partial charge in [-0.05, 0) is 35.4 Å². The second-order valence-corrected chi connectivity index (χ2v) is 7.07. The highest BCUT2D eigenvalue weighted by Gasteiger charge is 2.35. The molecule has 6 heteroatoms. The average molecular weight is 354 g/mol. The summed E-state index contributed by atoms with van der Waals surface area (Å²) in [6.07, 6.45) is 3.77. The van der Waals surface area contributed by atoms with Gasteiger partial charge in [-0.25, -0.2) is 5.43 Å². The summed E-state index contributed by atoms with van der Waals surface area (Å²) in [7, 11) is 3.34. The van der Waals surface area contributed by atoms with E-state index in [1.165, 1.54) is 11.1 Å². The van der Waals surface area contributed by atoms with Gasteiger partial charge in [-0.1, -0.05) is 6.07 Å². The Balaban J connectivity index is 1.39. The molecule has 0 spiro atoms. The van der Waals surface area contributed by atoms with E-state index in [9.17, 15) is 0 Å². The Labute approximate surface area is 154 Å². The third-order valence-electron chi connectivity index (χ3n) is 5.49. The normalized spacial score (nSPS) is 23.6. The molecule has 2 atom stereocenters. The number of rotatable bonds is 6. The van der Waals surface area contributed by atoms with Crippen molar-refractivity contribution >= 4 is 0 Å². The van der Waals surface area contributed by atoms with E-state index in [1.54, 1.807) is 14.2 Å². The van der Waals surface area contributed by atoms with Gasteiger partial charge in [-0.3, -0.25) is 10.4 Å². The van der Waals surface area contributed by atoms with E-state index in [0.717, 1.165) is 37.7 Å². The lowest BCUT2D eigenvalue weighted by Gasteiger charge is -2.41. The molecule has 2 aliphatic rings. The van der Waals surface area contributed by atoms with Crippen LogP contribution in [0.3, 0.4) is 0 Å². The smallest absolute Gasteiger partial charge is 0.161 e. The molecular weight excluding hydrogens is 328 g/mol. The van der Waals surface area contributed by atoms with Gasteiger partial charge in [0.15, 0.2) is 11.5 Å². The third-order valence-corrected chi connectivity index (χ3v) is 5.49. The summed E-state index contributed by atoms with van der Waals surface area (Å²) in [4.78, 5) is 6.65. The molecule has 1 aromatic carbocycles. The first-order valence-corrected chi connectivity index (χ1v) is 9.11. The number of ether oxygens (including phenoxy) is 2. The van der Waals surface area contributed by atoms with Gasteiger partial charge in [-0.2, -0.15) is 0 Å². The Hall–Kier alpha value is -2.15. The Bertz CT molecular complexity index is 734. The van der Waals surface area contributed by atoms with Crippen LogP contribution in [0.25, 0.3) is 0 Å². The molecule has 3 heterocycles. The maximum Gasteiger partial charge on any atom is 0.161 e. The van der Waals surface area contributed by atoms with Gasteiger partial charge < -0.3 is 14.4 Å². The van der Waals surface area contributed by atoms with Crippen LogP contribution in [0.1, 0.15) is 23.1 Å². The molecule has 2 saturated heterocycles. The molecular formula is C20H26N4O2. The minimum Gasteiger partial charge on any atom is -0.493 e. The van der Waals surface area contributed by atoms with Crippen molar-refractivity contribution in [2.75, 3.05) is 40.4 Å². The topological polar surface area (TPSA) is 58.7 Å². The summed E-state index contributed by atoms with van der Waals surface area (Å²) in [6, 6.07) is 10.7. The number of nitrogens with zero attached hydrogens (tertiary/aromatic N) is 2. The molecule has 2 aliphatic heterocycles.